The number of hydrogen-bond acceptors (Lipinski definition) is 3. The highest BCUT2D eigenvalue weighted by Gasteiger charge is 2.16. The van der Waals surface area contributed by atoms with E-state index in [4.69, 9.17) is 4.74 Å². The van der Waals surface area contributed by atoms with E-state index in [1.807, 2.05) is 5.38 Å². The number of benzene rings is 1. The third kappa shape index (κ3) is 2.68. The molecule has 2 aromatic rings. The van der Waals surface area contributed by atoms with Gasteiger partial charge in [0.2, 0.25) is 0 Å². The SMILES string of the molecule is COc1ccsc1C(O)Cc1ccc(F)c(F)c1. The van der Waals surface area contributed by atoms with Crippen LogP contribution in [0.25, 0.3) is 0 Å². The Morgan fingerprint density at radius 1 is 1.28 bits per heavy atom. The van der Waals surface area contributed by atoms with Gasteiger partial charge in [0.05, 0.1) is 18.1 Å². The minimum atomic E-state index is -0.905. The first kappa shape index (κ1) is 13.0. The van der Waals surface area contributed by atoms with Gasteiger partial charge in [0, 0.05) is 6.42 Å². The van der Waals surface area contributed by atoms with Gasteiger partial charge in [-0.05, 0) is 29.1 Å². The Bertz CT molecular complexity index is 540. The van der Waals surface area contributed by atoms with E-state index in [1.165, 1.54) is 24.5 Å². The minimum Gasteiger partial charge on any atom is -0.495 e. The number of aliphatic hydroxyl groups is 1. The molecule has 96 valence electrons. The highest BCUT2D eigenvalue weighted by molar-refractivity contribution is 7.10. The molecule has 1 unspecified atom stereocenters. The number of aliphatic hydroxyl groups excluding tert-OH is 1. The standard InChI is InChI=1S/C13H12F2O2S/c1-17-12-4-5-18-13(12)11(16)7-8-2-3-9(14)10(15)6-8/h2-6,11,16H,7H2,1H3. The van der Waals surface area contributed by atoms with Crippen LogP contribution in [0.1, 0.15) is 16.5 Å². The van der Waals surface area contributed by atoms with Crippen LogP contribution < -0.4 is 4.74 Å². The fourth-order valence-corrected chi connectivity index (χ4v) is 2.55. The van der Waals surface area contributed by atoms with Crippen LogP contribution in [-0.2, 0) is 6.42 Å². The van der Waals surface area contributed by atoms with E-state index in [0.717, 1.165) is 12.1 Å². The summed E-state index contributed by atoms with van der Waals surface area (Å²) < 4.78 is 30.9. The zero-order valence-corrected chi connectivity index (χ0v) is 10.5. The van der Waals surface area contributed by atoms with E-state index in [9.17, 15) is 13.9 Å². The average Bonchev–Trinajstić information content (AvgIpc) is 2.82. The van der Waals surface area contributed by atoms with Gasteiger partial charge in [-0.2, -0.15) is 0 Å². The van der Waals surface area contributed by atoms with E-state index in [-0.39, 0.29) is 6.42 Å². The van der Waals surface area contributed by atoms with Crippen molar-refractivity contribution in [2.45, 2.75) is 12.5 Å². The van der Waals surface area contributed by atoms with Crippen LogP contribution in [0.15, 0.2) is 29.6 Å². The number of ether oxygens (including phenoxy) is 1. The lowest BCUT2D eigenvalue weighted by atomic mass is 10.1. The molecule has 0 saturated carbocycles. The fraction of sp³-hybridized carbons (Fsp3) is 0.231. The van der Waals surface area contributed by atoms with Gasteiger partial charge in [-0.25, -0.2) is 8.78 Å². The third-order valence-corrected chi connectivity index (χ3v) is 3.59. The Hall–Kier alpha value is -1.46. The zero-order valence-electron chi connectivity index (χ0n) is 9.69. The number of halogens is 2. The van der Waals surface area contributed by atoms with Crippen molar-refractivity contribution in [2.75, 3.05) is 7.11 Å². The number of thiophene rings is 1. The second kappa shape index (κ2) is 5.46. The Balaban J connectivity index is 2.16. The summed E-state index contributed by atoms with van der Waals surface area (Å²) in [5, 5.41) is 11.9. The largest absolute Gasteiger partial charge is 0.495 e. The Morgan fingerprint density at radius 2 is 2.06 bits per heavy atom. The molecule has 0 fully saturated rings. The van der Waals surface area contributed by atoms with Crippen molar-refractivity contribution in [2.24, 2.45) is 0 Å². The molecule has 0 aliphatic rings. The van der Waals surface area contributed by atoms with Crippen molar-refractivity contribution in [3.8, 4) is 5.75 Å². The van der Waals surface area contributed by atoms with Crippen molar-refractivity contribution < 1.29 is 18.6 Å². The van der Waals surface area contributed by atoms with Crippen molar-refractivity contribution in [3.05, 3.63) is 51.7 Å². The highest BCUT2D eigenvalue weighted by Crippen LogP contribution is 2.32. The second-order valence-electron chi connectivity index (χ2n) is 3.82. The second-order valence-corrected chi connectivity index (χ2v) is 4.77. The molecular weight excluding hydrogens is 258 g/mol. The van der Waals surface area contributed by atoms with Gasteiger partial charge in [-0.1, -0.05) is 6.07 Å². The molecule has 0 saturated heterocycles. The Labute approximate surface area is 107 Å². The molecular formula is C13H12F2O2S. The molecule has 2 nitrogen and oxygen atoms in total. The third-order valence-electron chi connectivity index (χ3n) is 2.59. The molecule has 1 heterocycles. The van der Waals surface area contributed by atoms with Gasteiger partial charge >= 0.3 is 0 Å². The van der Waals surface area contributed by atoms with Crippen LogP contribution >= 0.6 is 11.3 Å². The molecule has 1 aromatic carbocycles. The van der Waals surface area contributed by atoms with Crippen molar-refractivity contribution in [1.82, 2.24) is 0 Å². The zero-order chi connectivity index (χ0) is 13.1. The highest BCUT2D eigenvalue weighted by atomic mass is 32.1. The molecule has 1 N–H and O–H groups in total. The summed E-state index contributed by atoms with van der Waals surface area (Å²) in [6.07, 6.45) is -0.571. The number of rotatable bonds is 4. The summed E-state index contributed by atoms with van der Waals surface area (Å²) in [7, 11) is 1.52. The molecule has 5 heteroatoms. The summed E-state index contributed by atoms with van der Waals surface area (Å²) in [5.74, 6) is -1.19. The Morgan fingerprint density at radius 3 is 2.72 bits per heavy atom. The Kier molecular flexibility index (Phi) is 3.93. The van der Waals surface area contributed by atoms with Crippen LogP contribution in [0.4, 0.5) is 8.78 Å². The molecule has 0 spiro atoms. The monoisotopic (exact) mass is 270 g/mol. The smallest absolute Gasteiger partial charge is 0.159 e. The summed E-state index contributed by atoms with van der Waals surface area (Å²) in [5.41, 5.74) is 0.539. The summed E-state index contributed by atoms with van der Waals surface area (Å²) >= 11 is 1.37. The molecule has 0 aliphatic carbocycles. The van der Waals surface area contributed by atoms with E-state index in [0.29, 0.717) is 16.2 Å². The van der Waals surface area contributed by atoms with Crippen LogP contribution in [0.2, 0.25) is 0 Å². The van der Waals surface area contributed by atoms with Crippen molar-refractivity contribution >= 4 is 11.3 Å². The molecule has 1 atom stereocenters. The van der Waals surface area contributed by atoms with Crippen molar-refractivity contribution in [1.29, 1.82) is 0 Å². The predicted molar refractivity (Wildman–Crippen MR) is 65.9 cm³/mol. The maximum absolute atomic E-state index is 13.0. The van der Waals surface area contributed by atoms with Gasteiger partial charge in [0.1, 0.15) is 5.75 Å². The van der Waals surface area contributed by atoms with Gasteiger partial charge < -0.3 is 9.84 Å². The first-order chi connectivity index (χ1) is 8.61. The van der Waals surface area contributed by atoms with E-state index >= 15 is 0 Å². The van der Waals surface area contributed by atoms with Gasteiger partial charge in [0.15, 0.2) is 11.6 Å². The van der Waals surface area contributed by atoms with Gasteiger partial charge in [-0.3, -0.25) is 0 Å². The molecule has 0 radical (unpaired) electrons. The summed E-state index contributed by atoms with van der Waals surface area (Å²) in [4.78, 5) is 0.683. The molecule has 2 rings (SSSR count). The summed E-state index contributed by atoms with van der Waals surface area (Å²) in [6.45, 7) is 0. The van der Waals surface area contributed by atoms with Crippen LogP contribution in [0.3, 0.4) is 0 Å². The number of hydrogen-bond donors (Lipinski definition) is 1. The average molecular weight is 270 g/mol. The van der Waals surface area contributed by atoms with E-state index in [1.54, 1.807) is 6.07 Å². The lowest BCUT2D eigenvalue weighted by Gasteiger charge is -2.11. The fourth-order valence-electron chi connectivity index (χ4n) is 1.70. The van der Waals surface area contributed by atoms with E-state index in [2.05, 4.69) is 0 Å². The topological polar surface area (TPSA) is 29.5 Å². The molecule has 1 aromatic heterocycles. The number of methoxy groups -OCH3 is 1. The molecule has 0 amide bonds. The van der Waals surface area contributed by atoms with E-state index < -0.39 is 17.7 Å². The first-order valence-electron chi connectivity index (χ1n) is 5.35. The lowest BCUT2D eigenvalue weighted by molar-refractivity contribution is 0.178. The lowest BCUT2D eigenvalue weighted by Crippen LogP contribution is -2.02. The minimum absolute atomic E-state index is 0.216. The first-order valence-corrected chi connectivity index (χ1v) is 6.23. The quantitative estimate of drug-likeness (QED) is 0.923. The van der Waals surface area contributed by atoms with Gasteiger partial charge in [0.25, 0.3) is 0 Å². The maximum Gasteiger partial charge on any atom is 0.159 e. The van der Waals surface area contributed by atoms with Crippen LogP contribution in [0.5, 0.6) is 5.75 Å². The molecule has 0 aliphatic heterocycles. The van der Waals surface area contributed by atoms with Crippen LogP contribution in [-0.4, -0.2) is 12.2 Å². The summed E-state index contributed by atoms with van der Waals surface area (Å²) in [6, 6.07) is 5.37. The van der Waals surface area contributed by atoms with Gasteiger partial charge in [-0.15, -0.1) is 11.3 Å². The van der Waals surface area contributed by atoms with Crippen molar-refractivity contribution in [3.63, 3.8) is 0 Å². The maximum atomic E-state index is 13.0. The normalized spacial score (nSPS) is 12.4. The van der Waals surface area contributed by atoms with Crippen LogP contribution in [0, 0.1) is 11.6 Å². The predicted octanol–water partition coefficient (Wildman–Crippen LogP) is 3.31. The molecule has 0 bridgehead atoms. The molecule has 18 heavy (non-hydrogen) atoms.